The lowest BCUT2D eigenvalue weighted by atomic mass is 10.1. The monoisotopic (exact) mass is 373 g/mol. The smallest absolute Gasteiger partial charge is 0.321 e. The second-order valence-electron chi connectivity index (χ2n) is 6.55. The van der Waals surface area contributed by atoms with Crippen molar-refractivity contribution >= 4 is 21.7 Å². The Bertz CT molecular complexity index is 851. The summed E-state index contributed by atoms with van der Waals surface area (Å²) in [6.07, 6.45) is 2.65. The third kappa shape index (κ3) is 5.06. The summed E-state index contributed by atoms with van der Waals surface area (Å²) >= 11 is 0. The molecule has 0 unspecified atom stereocenters. The zero-order valence-electron chi connectivity index (χ0n) is 14.7. The largest absolute Gasteiger partial charge is 0.323 e. The Balaban J connectivity index is 1.61. The molecule has 0 aliphatic carbocycles. The quantitative estimate of drug-likeness (QED) is 0.865. The number of nitrogens with zero attached hydrogens (tertiary/aromatic N) is 1. The van der Waals surface area contributed by atoms with Gasteiger partial charge in [-0.2, -0.15) is 0 Å². The number of hydrogen-bond acceptors (Lipinski definition) is 3. The molecule has 0 radical (unpaired) electrons. The summed E-state index contributed by atoms with van der Waals surface area (Å²) in [5.41, 5.74) is 2.92. The highest BCUT2D eigenvalue weighted by atomic mass is 32.2. The van der Waals surface area contributed by atoms with Crippen molar-refractivity contribution < 1.29 is 13.2 Å². The molecule has 1 fully saturated rings. The van der Waals surface area contributed by atoms with E-state index in [1.165, 1.54) is 0 Å². The van der Waals surface area contributed by atoms with Crippen LogP contribution in [0.4, 0.5) is 10.5 Å². The highest BCUT2D eigenvalue weighted by molar-refractivity contribution is 7.88. The maximum absolute atomic E-state index is 12.5. The van der Waals surface area contributed by atoms with Crippen molar-refractivity contribution in [1.29, 1.82) is 0 Å². The molecule has 6 nitrogen and oxygen atoms in total. The van der Waals surface area contributed by atoms with Gasteiger partial charge in [0, 0.05) is 24.8 Å². The van der Waals surface area contributed by atoms with Crippen molar-refractivity contribution in [2.24, 2.45) is 0 Å². The van der Waals surface area contributed by atoms with Crippen LogP contribution in [0.15, 0.2) is 54.6 Å². The van der Waals surface area contributed by atoms with Crippen molar-refractivity contribution in [3.8, 4) is 11.1 Å². The van der Waals surface area contributed by atoms with E-state index in [4.69, 9.17) is 0 Å². The lowest BCUT2D eigenvalue weighted by Gasteiger charge is -2.32. The van der Waals surface area contributed by atoms with Crippen LogP contribution in [0.1, 0.15) is 12.8 Å². The predicted molar refractivity (Wildman–Crippen MR) is 103 cm³/mol. The Morgan fingerprint density at radius 1 is 1.04 bits per heavy atom. The zero-order valence-corrected chi connectivity index (χ0v) is 15.5. The molecule has 26 heavy (non-hydrogen) atoms. The summed E-state index contributed by atoms with van der Waals surface area (Å²) in [4.78, 5) is 14.1. The van der Waals surface area contributed by atoms with Gasteiger partial charge in [-0.05, 0) is 36.1 Å². The molecule has 2 aromatic rings. The highest BCUT2D eigenvalue weighted by Gasteiger charge is 2.25. The van der Waals surface area contributed by atoms with Crippen molar-refractivity contribution in [2.45, 2.75) is 18.9 Å². The topological polar surface area (TPSA) is 78.5 Å². The van der Waals surface area contributed by atoms with E-state index in [1.54, 1.807) is 4.90 Å². The van der Waals surface area contributed by atoms with Gasteiger partial charge >= 0.3 is 6.03 Å². The average molecular weight is 373 g/mol. The number of anilines is 1. The van der Waals surface area contributed by atoms with Crippen LogP contribution in [0, 0.1) is 0 Å². The lowest BCUT2D eigenvalue weighted by Crippen LogP contribution is -2.50. The Hall–Kier alpha value is -2.38. The Kier molecular flexibility index (Phi) is 5.58. The number of hydrogen-bond donors (Lipinski definition) is 2. The van der Waals surface area contributed by atoms with Crippen molar-refractivity contribution in [3.05, 3.63) is 54.6 Å². The van der Waals surface area contributed by atoms with E-state index in [2.05, 4.69) is 10.0 Å². The predicted octanol–water partition coefficient (Wildman–Crippen LogP) is 2.90. The molecule has 2 aromatic carbocycles. The fraction of sp³-hybridized carbons (Fsp3) is 0.316. The number of rotatable bonds is 4. The first-order valence-corrected chi connectivity index (χ1v) is 10.5. The summed E-state index contributed by atoms with van der Waals surface area (Å²) < 4.78 is 25.4. The summed E-state index contributed by atoms with van der Waals surface area (Å²) in [6, 6.07) is 17.3. The number of piperidine rings is 1. The molecule has 138 valence electrons. The summed E-state index contributed by atoms with van der Waals surface area (Å²) in [5, 5.41) is 2.88. The Morgan fingerprint density at radius 2 is 1.69 bits per heavy atom. The van der Waals surface area contributed by atoms with E-state index < -0.39 is 10.0 Å². The summed E-state index contributed by atoms with van der Waals surface area (Å²) in [5.74, 6) is 0. The van der Waals surface area contributed by atoms with Gasteiger partial charge in [0.05, 0.1) is 6.26 Å². The van der Waals surface area contributed by atoms with E-state index in [0.717, 1.165) is 30.2 Å². The van der Waals surface area contributed by atoms with Crippen LogP contribution in [-0.2, 0) is 10.0 Å². The van der Waals surface area contributed by atoms with Crippen molar-refractivity contribution in [2.75, 3.05) is 24.7 Å². The number of sulfonamides is 1. The van der Waals surface area contributed by atoms with Crippen LogP contribution < -0.4 is 10.0 Å². The van der Waals surface area contributed by atoms with Crippen molar-refractivity contribution in [1.82, 2.24) is 9.62 Å². The number of urea groups is 1. The van der Waals surface area contributed by atoms with Crippen LogP contribution in [0.3, 0.4) is 0 Å². The normalized spacial score (nSPS) is 17.7. The van der Waals surface area contributed by atoms with Crippen LogP contribution >= 0.6 is 0 Å². The zero-order chi connectivity index (χ0) is 18.6. The molecule has 2 N–H and O–H groups in total. The number of nitrogens with one attached hydrogen (secondary N) is 2. The minimum atomic E-state index is -3.27. The van der Waals surface area contributed by atoms with E-state index in [9.17, 15) is 13.2 Å². The molecule has 0 saturated carbocycles. The summed E-state index contributed by atoms with van der Waals surface area (Å²) in [6.45, 7) is 0.997. The lowest BCUT2D eigenvalue weighted by molar-refractivity contribution is 0.190. The molecule has 0 bridgehead atoms. The van der Waals surface area contributed by atoms with Crippen LogP contribution in [0.5, 0.6) is 0 Å². The molecule has 1 aliphatic heterocycles. The molecule has 1 saturated heterocycles. The van der Waals surface area contributed by atoms with Crippen LogP contribution in [0.25, 0.3) is 11.1 Å². The molecular formula is C19H23N3O3S. The molecule has 2 amide bonds. The molecule has 1 atom stereocenters. The standard InChI is InChI=1S/C19H23N3O3S/c1-26(24,25)21-18-8-5-13-22(14-18)19(23)20-17-11-9-16(10-12-17)15-6-3-2-4-7-15/h2-4,6-7,9-12,18,21H,5,8,13-14H2,1H3,(H,20,23)/t18-/m0/s1. The van der Waals surface area contributed by atoms with Gasteiger partial charge in [-0.25, -0.2) is 17.9 Å². The molecule has 7 heteroatoms. The van der Waals surface area contributed by atoms with Gasteiger partial charge in [-0.3, -0.25) is 0 Å². The molecule has 0 aromatic heterocycles. The SMILES string of the molecule is CS(=O)(=O)N[C@H]1CCCN(C(=O)Nc2ccc(-c3ccccc3)cc2)C1. The fourth-order valence-electron chi connectivity index (χ4n) is 3.14. The minimum Gasteiger partial charge on any atom is -0.323 e. The van der Waals surface area contributed by atoms with E-state index in [-0.39, 0.29) is 12.1 Å². The molecular weight excluding hydrogens is 350 g/mol. The van der Waals surface area contributed by atoms with Gasteiger partial charge in [0.1, 0.15) is 0 Å². The van der Waals surface area contributed by atoms with E-state index in [0.29, 0.717) is 18.8 Å². The van der Waals surface area contributed by atoms with Gasteiger partial charge in [-0.15, -0.1) is 0 Å². The van der Waals surface area contributed by atoms with Crippen LogP contribution in [-0.4, -0.2) is 44.7 Å². The molecule has 3 rings (SSSR count). The van der Waals surface area contributed by atoms with Gasteiger partial charge in [-0.1, -0.05) is 42.5 Å². The second kappa shape index (κ2) is 7.88. The minimum absolute atomic E-state index is 0.211. The molecule has 1 heterocycles. The first-order valence-electron chi connectivity index (χ1n) is 8.59. The van der Waals surface area contributed by atoms with Crippen molar-refractivity contribution in [3.63, 3.8) is 0 Å². The Labute approximate surface area is 154 Å². The maximum atomic E-state index is 12.5. The van der Waals surface area contributed by atoms with Crippen LogP contribution in [0.2, 0.25) is 0 Å². The second-order valence-corrected chi connectivity index (χ2v) is 8.33. The highest BCUT2D eigenvalue weighted by Crippen LogP contribution is 2.21. The number of carbonyl (C=O) groups excluding carboxylic acids is 1. The van der Waals surface area contributed by atoms with E-state index >= 15 is 0 Å². The van der Waals surface area contributed by atoms with Gasteiger partial charge in [0.25, 0.3) is 0 Å². The van der Waals surface area contributed by atoms with E-state index in [1.807, 2.05) is 54.6 Å². The number of benzene rings is 2. The third-order valence-electron chi connectivity index (χ3n) is 4.33. The fourth-order valence-corrected chi connectivity index (χ4v) is 3.94. The van der Waals surface area contributed by atoms with Gasteiger partial charge in [0.2, 0.25) is 10.0 Å². The number of amides is 2. The van der Waals surface area contributed by atoms with Gasteiger partial charge < -0.3 is 10.2 Å². The first-order chi connectivity index (χ1) is 12.4. The first kappa shape index (κ1) is 18.4. The third-order valence-corrected chi connectivity index (χ3v) is 5.09. The molecule has 0 spiro atoms. The summed E-state index contributed by atoms with van der Waals surface area (Å²) in [7, 11) is -3.27. The average Bonchev–Trinajstić information content (AvgIpc) is 2.62. The molecule has 1 aliphatic rings. The van der Waals surface area contributed by atoms with Gasteiger partial charge in [0.15, 0.2) is 0 Å². The maximum Gasteiger partial charge on any atom is 0.321 e. The Morgan fingerprint density at radius 3 is 2.35 bits per heavy atom. The number of likely N-dealkylation sites (tertiary alicyclic amines) is 1. The number of carbonyl (C=O) groups is 1.